The van der Waals surface area contributed by atoms with Gasteiger partial charge >= 0.3 is 6.18 Å². The van der Waals surface area contributed by atoms with Crippen LogP contribution in [0.5, 0.6) is 0 Å². The van der Waals surface area contributed by atoms with Crippen LogP contribution in [-0.2, 0) is 18.0 Å². The van der Waals surface area contributed by atoms with E-state index >= 15 is 0 Å². The molecule has 0 spiro atoms. The summed E-state index contributed by atoms with van der Waals surface area (Å²) in [5.41, 5.74) is -0.949. The number of alkyl halides is 3. The van der Waals surface area contributed by atoms with Crippen molar-refractivity contribution >= 4 is 28.2 Å². The Morgan fingerprint density at radius 3 is 2.83 bits per heavy atom. The highest BCUT2D eigenvalue weighted by atomic mass is 32.1. The molecule has 0 radical (unpaired) electrons. The molecule has 6 nitrogen and oxygen atoms in total. The second kappa shape index (κ2) is 5.84. The van der Waals surface area contributed by atoms with Gasteiger partial charge in [-0.2, -0.15) is 18.3 Å². The molecule has 3 heterocycles. The van der Waals surface area contributed by atoms with Crippen LogP contribution in [0.25, 0.3) is 0 Å². The second-order valence-electron chi connectivity index (χ2n) is 5.21. The van der Waals surface area contributed by atoms with Crippen molar-refractivity contribution in [1.29, 1.82) is 0 Å². The molecule has 23 heavy (non-hydrogen) atoms. The standard InChI is InChI=1S/C13H14F3N5OS/c1-20-6-4-10(19-20)21-5-2-3-8(11(21)22)17-12-18-9(7-23-12)13(14,15)16/h4,6-8H,2-3,5H2,1H3,(H,17,18). The number of thiazole rings is 1. The van der Waals surface area contributed by atoms with Gasteiger partial charge in [0.1, 0.15) is 6.04 Å². The summed E-state index contributed by atoms with van der Waals surface area (Å²) in [7, 11) is 1.75. The largest absolute Gasteiger partial charge is 0.434 e. The first kappa shape index (κ1) is 15.8. The molecule has 2 aromatic rings. The quantitative estimate of drug-likeness (QED) is 0.928. The highest BCUT2D eigenvalue weighted by molar-refractivity contribution is 7.13. The predicted molar refractivity (Wildman–Crippen MR) is 79.3 cm³/mol. The van der Waals surface area contributed by atoms with Crippen molar-refractivity contribution in [2.75, 3.05) is 16.8 Å². The number of nitrogens with zero attached hydrogens (tertiary/aromatic N) is 4. The lowest BCUT2D eigenvalue weighted by atomic mass is 10.1. The number of aromatic nitrogens is 3. The molecule has 2 aromatic heterocycles. The first-order chi connectivity index (χ1) is 10.8. The van der Waals surface area contributed by atoms with Crippen LogP contribution in [0, 0.1) is 0 Å². The summed E-state index contributed by atoms with van der Waals surface area (Å²) in [5, 5.41) is 8.04. The summed E-state index contributed by atoms with van der Waals surface area (Å²) in [6, 6.07) is 1.13. The van der Waals surface area contributed by atoms with Gasteiger partial charge in [-0.05, 0) is 12.8 Å². The Kier molecular flexibility index (Phi) is 4.00. The molecular weight excluding hydrogens is 331 g/mol. The van der Waals surface area contributed by atoms with E-state index in [1.807, 2.05) is 0 Å². The van der Waals surface area contributed by atoms with Crippen molar-refractivity contribution in [3.05, 3.63) is 23.3 Å². The summed E-state index contributed by atoms with van der Waals surface area (Å²) in [5.74, 6) is 0.331. The summed E-state index contributed by atoms with van der Waals surface area (Å²) in [4.78, 5) is 17.6. The molecule has 1 amide bonds. The third-order valence-corrected chi connectivity index (χ3v) is 4.28. The second-order valence-corrected chi connectivity index (χ2v) is 6.07. The highest BCUT2D eigenvalue weighted by Crippen LogP contribution is 2.32. The predicted octanol–water partition coefficient (Wildman–Crippen LogP) is 2.50. The molecule has 124 valence electrons. The van der Waals surface area contributed by atoms with Gasteiger partial charge in [-0.15, -0.1) is 11.3 Å². The Hall–Kier alpha value is -2.10. The Morgan fingerprint density at radius 2 is 2.22 bits per heavy atom. The van der Waals surface area contributed by atoms with Crippen molar-refractivity contribution in [3.8, 4) is 0 Å². The zero-order chi connectivity index (χ0) is 16.6. The lowest BCUT2D eigenvalue weighted by molar-refractivity contribution is -0.140. The third-order valence-electron chi connectivity index (χ3n) is 3.51. The number of hydrogen-bond donors (Lipinski definition) is 1. The lowest BCUT2D eigenvalue weighted by Crippen LogP contribution is -2.48. The van der Waals surface area contributed by atoms with Crippen LogP contribution in [0.3, 0.4) is 0 Å². The molecule has 1 fully saturated rings. The minimum absolute atomic E-state index is 0.0959. The fourth-order valence-electron chi connectivity index (χ4n) is 2.40. The summed E-state index contributed by atoms with van der Waals surface area (Å²) in [6.07, 6.45) is -1.47. The van der Waals surface area contributed by atoms with Crippen molar-refractivity contribution in [1.82, 2.24) is 14.8 Å². The first-order valence-corrected chi connectivity index (χ1v) is 7.83. The van der Waals surface area contributed by atoms with E-state index < -0.39 is 17.9 Å². The van der Waals surface area contributed by atoms with E-state index in [1.54, 1.807) is 28.9 Å². The topological polar surface area (TPSA) is 63.1 Å². The summed E-state index contributed by atoms with van der Waals surface area (Å²) in [6.45, 7) is 0.541. The van der Waals surface area contributed by atoms with E-state index in [1.165, 1.54) is 0 Å². The van der Waals surface area contributed by atoms with E-state index in [0.29, 0.717) is 18.8 Å². The van der Waals surface area contributed by atoms with E-state index in [2.05, 4.69) is 15.4 Å². The molecule has 1 aliphatic heterocycles. The molecule has 3 rings (SSSR count). The van der Waals surface area contributed by atoms with Crippen molar-refractivity contribution in [2.24, 2.45) is 7.05 Å². The number of hydrogen-bond acceptors (Lipinski definition) is 5. The number of rotatable bonds is 3. The van der Waals surface area contributed by atoms with E-state index in [9.17, 15) is 18.0 Å². The van der Waals surface area contributed by atoms with Crippen molar-refractivity contribution in [3.63, 3.8) is 0 Å². The van der Waals surface area contributed by atoms with Gasteiger partial charge in [0.25, 0.3) is 5.91 Å². The highest BCUT2D eigenvalue weighted by Gasteiger charge is 2.35. The summed E-state index contributed by atoms with van der Waals surface area (Å²) < 4.78 is 39.3. The Balaban J connectivity index is 1.73. The van der Waals surface area contributed by atoms with Gasteiger partial charge in [-0.25, -0.2) is 4.98 Å². The number of carbonyl (C=O) groups excluding carboxylic acids is 1. The van der Waals surface area contributed by atoms with Gasteiger partial charge in [0.15, 0.2) is 16.6 Å². The fraction of sp³-hybridized carbons (Fsp3) is 0.462. The Bertz CT molecular complexity index is 711. The average Bonchev–Trinajstić information content (AvgIpc) is 3.10. The molecule has 1 unspecified atom stereocenters. The van der Waals surface area contributed by atoms with Gasteiger partial charge in [-0.1, -0.05) is 0 Å². The number of anilines is 2. The van der Waals surface area contributed by atoms with Crippen LogP contribution in [0.1, 0.15) is 18.5 Å². The zero-order valence-corrected chi connectivity index (χ0v) is 13.0. The Morgan fingerprint density at radius 1 is 1.43 bits per heavy atom. The maximum atomic E-state index is 12.6. The molecule has 1 N–H and O–H groups in total. The monoisotopic (exact) mass is 345 g/mol. The number of carbonyl (C=O) groups is 1. The smallest absolute Gasteiger partial charge is 0.350 e. The molecule has 1 atom stereocenters. The number of halogens is 3. The molecule has 1 saturated heterocycles. The SMILES string of the molecule is Cn1ccc(N2CCCC(Nc3nc(C(F)(F)F)cs3)C2=O)n1. The van der Waals surface area contributed by atoms with Crippen LogP contribution in [0.15, 0.2) is 17.6 Å². The number of aryl methyl sites for hydroxylation is 1. The van der Waals surface area contributed by atoms with Crippen LogP contribution in [-0.4, -0.2) is 33.3 Å². The van der Waals surface area contributed by atoms with Gasteiger partial charge < -0.3 is 5.32 Å². The molecule has 0 bridgehead atoms. The molecular formula is C13H14F3N5OS. The fourth-order valence-corrected chi connectivity index (χ4v) is 3.17. The third kappa shape index (κ3) is 3.31. The van der Waals surface area contributed by atoms with Crippen LogP contribution >= 0.6 is 11.3 Å². The van der Waals surface area contributed by atoms with Crippen LogP contribution in [0.2, 0.25) is 0 Å². The Labute approximate surface area is 133 Å². The minimum Gasteiger partial charge on any atom is -0.350 e. The first-order valence-electron chi connectivity index (χ1n) is 6.95. The van der Waals surface area contributed by atoms with E-state index in [4.69, 9.17) is 0 Å². The van der Waals surface area contributed by atoms with Gasteiger partial charge in [0.05, 0.1) is 0 Å². The lowest BCUT2D eigenvalue weighted by Gasteiger charge is -2.31. The van der Waals surface area contributed by atoms with E-state index in [0.717, 1.165) is 23.1 Å². The summed E-state index contributed by atoms with van der Waals surface area (Å²) >= 11 is 0.841. The van der Waals surface area contributed by atoms with Crippen LogP contribution in [0.4, 0.5) is 24.1 Å². The van der Waals surface area contributed by atoms with Crippen molar-refractivity contribution in [2.45, 2.75) is 25.1 Å². The zero-order valence-electron chi connectivity index (χ0n) is 12.2. The van der Waals surface area contributed by atoms with E-state index in [-0.39, 0.29) is 11.0 Å². The van der Waals surface area contributed by atoms with Crippen LogP contribution < -0.4 is 10.2 Å². The van der Waals surface area contributed by atoms with Gasteiger partial charge in [-0.3, -0.25) is 14.4 Å². The molecule has 0 saturated carbocycles. The molecule has 0 aliphatic carbocycles. The van der Waals surface area contributed by atoms with Gasteiger partial charge in [0.2, 0.25) is 0 Å². The van der Waals surface area contributed by atoms with Crippen molar-refractivity contribution < 1.29 is 18.0 Å². The number of amides is 1. The van der Waals surface area contributed by atoms with Gasteiger partial charge in [0, 0.05) is 31.2 Å². The number of nitrogens with one attached hydrogen (secondary N) is 1. The molecule has 1 aliphatic rings. The average molecular weight is 345 g/mol. The number of piperidine rings is 1. The molecule has 10 heteroatoms. The molecule has 0 aromatic carbocycles. The normalized spacial score (nSPS) is 19.2. The minimum atomic E-state index is -4.48. The maximum absolute atomic E-state index is 12.6. The maximum Gasteiger partial charge on any atom is 0.434 e.